The molecule has 0 aliphatic carbocycles. The second-order valence-corrected chi connectivity index (χ2v) is 4.51. The van der Waals surface area contributed by atoms with Gasteiger partial charge in [0.1, 0.15) is 5.82 Å². The zero-order chi connectivity index (χ0) is 14.6. The van der Waals surface area contributed by atoms with E-state index in [-0.39, 0.29) is 29.9 Å². The summed E-state index contributed by atoms with van der Waals surface area (Å²) in [6.07, 6.45) is 1.35. The van der Waals surface area contributed by atoms with Gasteiger partial charge in [-0.2, -0.15) is 0 Å². The van der Waals surface area contributed by atoms with E-state index < -0.39 is 5.97 Å². The summed E-state index contributed by atoms with van der Waals surface area (Å²) in [6, 6.07) is 1.30. The van der Waals surface area contributed by atoms with Crippen LogP contribution in [0.5, 0.6) is 0 Å². The summed E-state index contributed by atoms with van der Waals surface area (Å²) >= 11 is 0. The first-order valence-electron chi connectivity index (χ1n) is 5.80. The summed E-state index contributed by atoms with van der Waals surface area (Å²) in [4.78, 5) is 28.1. The molecule has 1 heterocycles. The van der Waals surface area contributed by atoms with Gasteiger partial charge >= 0.3 is 5.97 Å². The summed E-state index contributed by atoms with van der Waals surface area (Å²) in [5.41, 5.74) is 5.83. The van der Waals surface area contributed by atoms with Crippen LogP contribution >= 0.6 is 0 Å². The molecule has 0 bridgehead atoms. The number of nitrogens with zero attached hydrogens (tertiary/aromatic N) is 2. The highest BCUT2D eigenvalue weighted by Gasteiger charge is 2.17. The van der Waals surface area contributed by atoms with Gasteiger partial charge in [0.05, 0.1) is 24.0 Å². The third-order valence-corrected chi connectivity index (χ3v) is 2.38. The van der Waals surface area contributed by atoms with Crippen molar-refractivity contribution in [3.63, 3.8) is 0 Å². The highest BCUT2D eigenvalue weighted by atomic mass is 16.4. The summed E-state index contributed by atoms with van der Waals surface area (Å²) in [7, 11) is 1.62. The van der Waals surface area contributed by atoms with Crippen molar-refractivity contribution in [2.75, 3.05) is 24.2 Å². The number of hydrogen-bond acceptors (Lipinski definition) is 5. The fraction of sp³-hybridized carbons (Fsp3) is 0.417. The fourth-order valence-corrected chi connectivity index (χ4v) is 1.61. The first-order chi connectivity index (χ1) is 8.81. The van der Waals surface area contributed by atoms with Crippen molar-refractivity contribution in [2.45, 2.75) is 19.9 Å². The normalized spacial score (nSPS) is 10.3. The number of carbonyl (C=O) groups excluding carboxylic acids is 1. The van der Waals surface area contributed by atoms with Crippen LogP contribution in [0.25, 0.3) is 0 Å². The van der Waals surface area contributed by atoms with Crippen LogP contribution in [0.1, 0.15) is 24.2 Å². The fourth-order valence-electron chi connectivity index (χ4n) is 1.61. The molecule has 0 atom stereocenters. The molecule has 0 spiro atoms. The van der Waals surface area contributed by atoms with Crippen LogP contribution in [0.3, 0.4) is 0 Å². The number of nitrogen functional groups attached to an aromatic ring is 1. The van der Waals surface area contributed by atoms with Crippen molar-refractivity contribution >= 4 is 23.4 Å². The van der Waals surface area contributed by atoms with E-state index in [0.717, 1.165) is 0 Å². The van der Waals surface area contributed by atoms with Gasteiger partial charge in [-0.1, -0.05) is 0 Å². The van der Waals surface area contributed by atoms with Gasteiger partial charge in [0, 0.05) is 13.1 Å². The molecule has 7 nitrogen and oxygen atoms in total. The molecule has 0 saturated carbocycles. The molecule has 1 amide bonds. The number of amides is 1. The number of nitrogens with two attached hydrogens (primary N) is 1. The molecule has 1 aromatic heterocycles. The zero-order valence-corrected chi connectivity index (χ0v) is 11.2. The maximum Gasteiger partial charge on any atom is 0.338 e. The minimum Gasteiger partial charge on any atom is -0.478 e. The summed E-state index contributed by atoms with van der Waals surface area (Å²) in [5, 5.41) is 11.8. The molecule has 104 valence electrons. The molecule has 7 heteroatoms. The Morgan fingerprint density at radius 2 is 2.16 bits per heavy atom. The van der Waals surface area contributed by atoms with Crippen LogP contribution in [0, 0.1) is 0 Å². The number of hydrogen-bond donors (Lipinski definition) is 3. The Hall–Kier alpha value is -2.31. The predicted octanol–water partition coefficient (Wildman–Crippen LogP) is 0.323. The summed E-state index contributed by atoms with van der Waals surface area (Å²) in [6.45, 7) is 3.75. The van der Waals surface area contributed by atoms with Gasteiger partial charge in [0.2, 0.25) is 5.91 Å². The average Bonchev–Trinajstić information content (AvgIpc) is 2.27. The number of aromatic nitrogens is 1. The average molecular weight is 266 g/mol. The Bertz CT molecular complexity index is 488. The van der Waals surface area contributed by atoms with E-state index in [0.29, 0.717) is 5.69 Å². The Morgan fingerprint density at radius 1 is 1.53 bits per heavy atom. The van der Waals surface area contributed by atoms with Crippen molar-refractivity contribution in [3.8, 4) is 0 Å². The maximum absolute atomic E-state index is 11.6. The number of aromatic carboxylic acids is 1. The molecule has 0 aliphatic rings. The number of carboxylic acid groups (broad SMARTS) is 1. The molecule has 4 N–H and O–H groups in total. The molecule has 0 saturated heterocycles. The number of likely N-dealkylation sites (N-methyl/N-ethyl adjacent to an activating group) is 1. The highest BCUT2D eigenvalue weighted by Crippen LogP contribution is 2.20. The predicted molar refractivity (Wildman–Crippen MR) is 72.2 cm³/mol. The SMILES string of the molecule is CC(C)NC(=O)CN(C)c1cnc(N)cc1C(=O)O. The summed E-state index contributed by atoms with van der Waals surface area (Å²) in [5.74, 6) is -1.17. The lowest BCUT2D eigenvalue weighted by Gasteiger charge is -2.21. The van der Waals surface area contributed by atoms with Gasteiger partial charge in [0.25, 0.3) is 0 Å². The lowest BCUT2D eigenvalue weighted by Crippen LogP contribution is -2.39. The van der Waals surface area contributed by atoms with E-state index in [4.69, 9.17) is 10.8 Å². The van der Waals surface area contributed by atoms with Crippen LogP contribution in [-0.4, -0.2) is 41.6 Å². The number of nitrogens with one attached hydrogen (secondary N) is 1. The Morgan fingerprint density at radius 3 is 2.68 bits per heavy atom. The van der Waals surface area contributed by atoms with Crippen molar-refractivity contribution in [2.24, 2.45) is 0 Å². The largest absolute Gasteiger partial charge is 0.478 e. The lowest BCUT2D eigenvalue weighted by atomic mass is 10.2. The number of rotatable bonds is 5. The van der Waals surface area contributed by atoms with Crippen molar-refractivity contribution in [3.05, 3.63) is 17.8 Å². The standard InChI is InChI=1S/C12H18N4O3/c1-7(2)15-11(17)6-16(3)9-5-14-10(13)4-8(9)12(18)19/h4-5,7H,6H2,1-3H3,(H2,13,14)(H,15,17)(H,18,19). The number of carbonyl (C=O) groups is 2. The molecule has 1 aromatic rings. The Kier molecular flexibility index (Phi) is 4.68. The molecule has 0 aromatic carbocycles. The zero-order valence-electron chi connectivity index (χ0n) is 11.2. The van der Waals surface area contributed by atoms with Gasteiger partial charge in [0.15, 0.2) is 0 Å². The van der Waals surface area contributed by atoms with Gasteiger partial charge in [-0.05, 0) is 19.9 Å². The molecular formula is C12H18N4O3. The third-order valence-electron chi connectivity index (χ3n) is 2.38. The molecule has 0 radical (unpaired) electrons. The summed E-state index contributed by atoms with van der Waals surface area (Å²) < 4.78 is 0. The lowest BCUT2D eigenvalue weighted by molar-refractivity contribution is -0.120. The van der Waals surface area contributed by atoms with E-state index in [1.54, 1.807) is 7.05 Å². The first kappa shape index (κ1) is 14.7. The van der Waals surface area contributed by atoms with E-state index in [9.17, 15) is 9.59 Å². The monoisotopic (exact) mass is 266 g/mol. The van der Waals surface area contributed by atoms with Crippen molar-refractivity contribution in [1.29, 1.82) is 0 Å². The van der Waals surface area contributed by atoms with E-state index in [2.05, 4.69) is 10.3 Å². The molecule has 0 fully saturated rings. The number of anilines is 2. The first-order valence-corrected chi connectivity index (χ1v) is 5.80. The van der Waals surface area contributed by atoms with Crippen LogP contribution in [0.4, 0.5) is 11.5 Å². The molecule has 0 unspecified atom stereocenters. The third kappa shape index (κ3) is 4.13. The second-order valence-electron chi connectivity index (χ2n) is 4.51. The van der Waals surface area contributed by atoms with Gasteiger partial charge in [-0.15, -0.1) is 0 Å². The van der Waals surface area contributed by atoms with Crippen LogP contribution < -0.4 is 16.0 Å². The minimum absolute atomic E-state index is 0.0207. The van der Waals surface area contributed by atoms with Crippen LogP contribution in [0.15, 0.2) is 12.3 Å². The number of carboxylic acids is 1. The van der Waals surface area contributed by atoms with Gasteiger partial charge in [-0.3, -0.25) is 4.79 Å². The molecule has 0 aliphatic heterocycles. The topological polar surface area (TPSA) is 109 Å². The van der Waals surface area contributed by atoms with E-state index in [1.807, 2.05) is 13.8 Å². The number of pyridine rings is 1. The second kappa shape index (κ2) is 6.03. The molecule has 19 heavy (non-hydrogen) atoms. The molecule has 1 rings (SSSR count). The van der Waals surface area contributed by atoms with Crippen molar-refractivity contribution in [1.82, 2.24) is 10.3 Å². The maximum atomic E-state index is 11.6. The van der Waals surface area contributed by atoms with Crippen LogP contribution in [-0.2, 0) is 4.79 Å². The molecular weight excluding hydrogens is 248 g/mol. The van der Waals surface area contributed by atoms with Gasteiger partial charge in [-0.25, -0.2) is 9.78 Å². The van der Waals surface area contributed by atoms with E-state index >= 15 is 0 Å². The van der Waals surface area contributed by atoms with Crippen LogP contribution in [0.2, 0.25) is 0 Å². The smallest absolute Gasteiger partial charge is 0.338 e. The Labute approximate surface area is 111 Å². The Balaban J connectivity index is 2.90. The van der Waals surface area contributed by atoms with Gasteiger partial charge < -0.3 is 21.1 Å². The minimum atomic E-state index is -1.11. The quantitative estimate of drug-likeness (QED) is 0.708. The van der Waals surface area contributed by atoms with E-state index in [1.165, 1.54) is 17.2 Å². The highest BCUT2D eigenvalue weighted by molar-refractivity contribution is 5.95. The van der Waals surface area contributed by atoms with Crippen molar-refractivity contribution < 1.29 is 14.7 Å².